The number of anilines is 2. The van der Waals surface area contributed by atoms with Gasteiger partial charge in [-0.1, -0.05) is 6.07 Å². The smallest absolute Gasteiger partial charge is 0.321 e. The van der Waals surface area contributed by atoms with E-state index in [1.54, 1.807) is 7.05 Å². The van der Waals surface area contributed by atoms with E-state index in [-0.39, 0.29) is 39.9 Å². The van der Waals surface area contributed by atoms with Gasteiger partial charge in [-0.3, -0.25) is 9.48 Å². The standard InChI is InChI=1S/C25H24F2N6O3/c1-31-23-15(12-29-31)24(32-10-9-14(28)13-32)18(11-17(23)27)30-25(34)20-7-4-6-19(33(20)35)22-16(26)5-3-8-21(22)36-2/h3-8,11-12,14H,9-10,13,28H2,1-2H3,(H,30,34)/t14-/m0/s1. The first-order valence-electron chi connectivity index (χ1n) is 11.3. The van der Waals surface area contributed by atoms with Gasteiger partial charge < -0.3 is 25.9 Å². The fourth-order valence-corrected chi connectivity index (χ4v) is 4.69. The molecular weight excluding hydrogens is 470 g/mol. The minimum atomic E-state index is -0.783. The van der Waals surface area contributed by atoms with Gasteiger partial charge in [-0.15, -0.1) is 0 Å². The van der Waals surface area contributed by atoms with Crippen LogP contribution in [0.25, 0.3) is 22.2 Å². The summed E-state index contributed by atoms with van der Waals surface area (Å²) < 4.78 is 36.7. The predicted molar refractivity (Wildman–Crippen MR) is 131 cm³/mol. The zero-order valence-corrected chi connectivity index (χ0v) is 19.7. The number of aromatic nitrogens is 3. The highest BCUT2D eigenvalue weighted by Crippen LogP contribution is 2.38. The third-order valence-electron chi connectivity index (χ3n) is 6.37. The number of carbonyl (C=O) groups excluding carboxylic acids is 1. The first-order valence-corrected chi connectivity index (χ1v) is 11.3. The molecule has 2 aromatic heterocycles. The molecule has 5 rings (SSSR count). The van der Waals surface area contributed by atoms with Gasteiger partial charge in [0.2, 0.25) is 5.69 Å². The average Bonchev–Trinajstić information content (AvgIpc) is 3.45. The Morgan fingerprint density at radius 3 is 2.75 bits per heavy atom. The molecule has 186 valence electrons. The number of pyridine rings is 1. The Bertz CT molecular complexity index is 1490. The molecule has 1 aliphatic heterocycles. The van der Waals surface area contributed by atoms with Crippen molar-refractivity contribution in [3.63, 3.8) is 0 Å². The van der Waals surface area contributed by atoms with Crippen LogP contribution in [0.1, 0.15) is 16.9 Å². The van der Waals surface area contributed by atoms with Crippen LogP contribution in [0.2, 0.25) is 0 Å². The molecule has 0 bridgehead atoms. The van der Waals surface area contributed by atoms with Crippen molar-refractivity contribution >= 4 is 28.2 Å². The van der Waals surface area contributed by atoms with E-state index >= 15 is 4.39 Å². The molecule has 3 N–H and O–H groups in total. The van der Waals surface area contributed by atoms with Crippen LogP contribution in [-0.2, 0) is 7.05 Å². The summed E-state index contributed by atoms with van der Waals surface area (Å²) in [6.45, 7) is 1.13. The second-order valence-corrected chi connectivity index (χ2v) is 8.64. The first-order chi connectivity index (χ1) is 17.3. The zero-order valence-electron chi connectivity index (χ0n) is 19.7. The molecule has 1 aliphatic rings. The van der Waals surface area contributed by atoms with Crippen LogP contribution in [-0.4, -0.2) is 41.9 Å². The molecule has 0 saturated carbocycles. The molecule has 36 heavy (non-hydrogen) atoms. The summed E-state index contributed by atoms with van der Waals surface area (Å²) in [5, 5.41) is 20.6. The van der Waals surface area contributed by atoms with Crippen molar-refractivity contribution in [2.75, 3.05) is 30.4 Å². The maximum atomic E-state index is 15.1. The molecule has 0 radical (unpaired) electrons. The number of aryl methyl sites for hydroxylation is 1. The van der Waals surface area contributed by atoms with Gasteiger partial charge in [0.25, 0.3) is 5.69 Å². The lowest BCUT2D eigenvalue weighted by Crippen LogP contribution is -2.39. The van der Waals surface area contributed by atoms with Gasteiger partial charge in [0, 0.05) is 49.8 Å². The molecule has 0 unspecified atom stereocenters. The van der Waals surface area contributed by atoms with E-state index in [0.29, 0.717) is 28.9 Å². The number of nitrogens with one attached hydrogen (secondary N) is 1. The minimum absolute atomic E-state index is 0.0680. The van der Waals surface area contributed by atoms with Crippen molar-refractivity contribution in [2.45, 2.75) is 12.5 Å². The highest BCUT2D eigenvalue weighted by Gasteiger charge is 2.29. The lowest BCUT2D eigenvalue weighted by molar-refractivity contribution is -0.596. The Labute approximate surface area is 205 Å². The molecule has 1 amide bonds. The third kappa shape index (κ3) is 3.87. The van der Waals surface area contributed by atoms with Gasteiger partial charge in [-0.2, -0.15) is 9.83 Å². The van der Waals surface area contributed by atoms with Gasteiger partial charge in [0.1, 0.15) is 22.6 Å². The predicted octanol–water partition coefficient (Wildman–Crippen LogP) is 2.95. The van der Waals surface area contributed by atoms with Crippen molar-refractivity contribution in [3.8, 4) is 17.0 Å². The van der Waals surface area contributed by atoms with Crippen LogP contribution >= 0.6 is 0 Å². The lowest BCUT2D eigenvalue weighted by atomic mass is 10.1. The molecule has 0 spiro atoms. The summed E-state index contributed by atoms with van der Waals surface area (Å²) in [6, 6.07) is 9.48. The molecular formula is C25H24F2N6O3. The highest BCUT2D eigenvalue weighted by atomic mass is 19.1. The number of benzene rings is 2. The molecule has 0 aliphatic carbocycles. The second kappa shape index (κ2) is 9.08. The molecule has 2 aromatic carbocycles. The number of nitrogens with two attached hydrogens (primary N) is 1. The Balaban J connectivity index is 1.58. The fraction of sp³-hybridized carbons (Fsp3) is 0.240. The number of fused-ring (bicyclic) bond motifs is 1. The van der Waals surface area contributed by atoms with Crippen molar-refractivity contribution < 1.29 is 23.0 Å². The van der Waals surface area contributed by atoms with Gasteiger partial charge in [0.15, 0.2) is 5.82 Å². The molecule has 11 heteroatoms. The van der Waals surface area contributed by atoms with E-state index in [1.165, 1.54) is 60.5 Å². The third-order valence-corrected chi connectivity index (χ3v) is 6.37. The van der Waals surface area contributed by atoms with Gasteiger partial charge in [-0.05, 0) is 24.6 Å². The second-order valence-electron chi connectivity index (χ2n) is 8.64. The lowest BCUT2D eigenvalue weighted by Gasteiger charge is -2.23. The molecule has 9 nitrogen and oxygen atoms in total. The van der Waals surface area contributed by atoms with Crippen molar-refractivity contribution in [2.24, 2.45) is 12.8 Å². The van der Waals surface area contributed by atoms with Crippen LogP contribution in [0.5, 0.6) is 5.75 Å². The summed E-state index contributed by atoms with van der Waals surface area (Å²) >= 11 is 0. The Morgan fingerprint density at radius 2 is 2.03 bits per heavy atom. The van der Waals surface area contributed by atoms with Gasteiger partial charge in [0.05, 0.1) is 24.7 Å². The number of ether oxygens (including phenoxy) is 1. The summed E-state index contributed by atoms with van der Waals surface area (Å²) in [5.41, 5.74) is 6.68. The summed E-state index contributed by atoms with van der Waals surface area (Å²) in [4.78, 5) is 15.3. The number of hydrogen-bond acceptors (Lipinski definition) is 6. The molecule has 3 heterocycles. The van der Waals surface area contributed by atoms with Gasteiger partial charge in [-0.25, -0.2) is 8.78 Å². The van der Waals surface area contributed by atoms with E-state index in [9.17, 15) is 14.4 Å². The van der Waals surface area contributed by atoms with Crippen molar-refractivity contribution in [1.82, 2.24) is 9.78 Å². The quantitative estimate of drug-likeness (QED) is 0.326. The van der Waals surface area contributed by atoms with Crippen molar-refractivity contribution in [3.05, 3.63) is 71.2 Å². The summed E-state index contributed by atoms with van der Waals surface area (Å²) in [6.07, 6.45) is 2.27. The molecule has 1 atom stereocenters. The minimum Gasteiger partial charge on any atom is -0.618 e. The fourth-order valence-electron chi connectivity index (χ4n) is 4.69. The number of hydrogen-bond donors (Lipinski definition) is 2. The maximum absolute atomic E-state index is 15.1. The number of carbonyl (C=O) groups is 1. The van der Waals surface area contributed by atoms with Crippen LogP contribution < -0.4 is 25.4 Å². The number of rotatable bonds is 5. The van der Waals surface area contributed by atoms with Crippen molar-refractivity contribution in [1.29, 1.82) is 0 Å². The van der Waals surface area contributed by atoms with Crippen LogP contribution in [0.15, 0.2) is 48.7 Å². The SMILES string of the molecule is COc1cccc(F)c1-c1cccc(C(=O)Nc2cc(F)c3c(cnn3C)c2N2CC[C@H](N)C2)[n+]1[O-]. The van der Waals surface area contributed by atoms with E-state index in [4.69, 9.17) is 10.5 Å². The Morgan fingerprint density at radius 1 is 1.25 bits per heavy atom. The topological polar surface area (TPSA) is 112 Å². The molecule has 4 aromatic rings. The van der Waals surface area contributed by atoms with E-state index in [0.717, 1.165) is 6.42 Å². The normalized spacial score (nSPS) is 15.5. The van der Waals surface area contributed by atoms with Gasteiger partial charge >= 0.3 is 5.91 Å². The largest absolute Gasteiger partial charge is 0.618 e. The zero-order chi connectivity index (χ0) is 25.6. The van der Waals surface area contributed by atoms with Crippen LogP contribution in [0.4, 0.5) is 20.2 Å². The van der Waals surface area contributed by atoms with E-state index < -0.39 is 17.5 Å². The average molecular weight is 495 g/mol. The number of nitrogens with zero attached hydrogens (tertiary/aromatic N) is 4. The Hall–Kier alpha value is -4.25. The molecule has 1 fully saturated rings. The molecule has 1 saturated heterocycles. The van der Waals surface area contributed by atoms with Crippen LogP contribution in [0.3, 0.4) is 0 Å². The summed E-state index contributed by atoms with van der Waals surface area (Å²) in [7, 11) is 2.99. The summed E-state index contributed by atoms with van der Waals surface area (Å²) in [5.74, 6) is -1.89. The van der Waals surface area contributed by atoms with E-state index in [1.807, 2.05) is 4.90 Å². The highest BCUT2D eigenvalue weighted by molar-refractivity contribution is 6.08. The Kier molecular flexibility index (Phi) is 5.92. The number of methoxy groups -OCH3 is 1. The maximum Gasteiger partial charge on any atom is 0.321 e. The monoisotopic (exact) mass is 494 g/mol. The number of halogens is 2. The van der Waals surface area contributed by atoms with E-state index in [2.05, 4.69) is 10.4 Å². The first kappa shape index (κ1) is 23.5. The number of amides is 1. The van der Waals surface area contributed by atoms with Crippen LogP contribution in [0, 0.1) is 16.8 Å².